The molecule has 0 spiro atoms. The van der Waals surface area contributed by atoms with Crippen molar-refractivity contribution >= 4 is 45.5 Å². The number of allylic oxidation sites excluding steroid dienone is 2. The zero-order valence-electron chi connectivity index (χ0n) is 30.3. The molecule has 3 heterocycles. The molecular weight excluding hydrogens is 675 g/mol. The van der Waals surface area contributed by atoms with Crippen LogP contribution in [0.2, 0.25) is 0 Å². The molecule has 6 aromatic carbocycles. The number of hydrogen-bond acceptors (Lipinski definition) is 4. The summed E-state index contributed by atoms with van der Waals surface area (Å²) in [6.07, 6.45) is 4.50. The summed E-state index contributed by atoms with van der Waals surface area (Å²) in [6, 6.07) is 53.9. The minimum atomic E-state index is -0.0990. The van der Waals surface area contributed by atoms with Gasteiger partial charge in [0.05, 0.1) is 23.4 Å². The van der Waals surface area contributed by atoms with E-state index in [0.29, 0.717) is 12.5 Å². The number of nitrogens with zero attached hydrogens (tertiary/aromatic N) is 3. The van der Waals surface area contributed by atoms with E-state index >= 15 is 0 Å². The molecule has 2 aliphatic rings. The molecule has 1 aliphatic heterocycles. The van der Waals surface area contributed by atoms with Crippen molar-refractivity contribution in [2.45, 2.75) is 25.8 Å². The third-order valence-electron chi connectivity index (χ3n) is 11.0. The lowest BCUT2D eigenvalue weighted by molar-refractivity contribution is 0.674. The molecule has 8 aromatic rings. The van der Waals surface area contributed by atoms with E-state index in [1.807, 2.05) is 11.3 Å². The van der Waals surface area contributed by atoms with E-state index in [2.05, 4.69) is 189 Å². The van der Waals surface area contributed by atoms with Crippen molar-refractivity contribution in [3.63, 3.8) is 0 Å². The van der Waals surface area contributed by atoms with Crippen molar-refractivity contribution in [1.82, 2.24) is 9.97 Å². The second-order valence-electron chi connectivity index (χ2n) is 14.7. The molecule has 0 saturated carbocycles. The van der Waals surface area contributed by atoms with Crippen LogP contribution in [0.3, 0.4) is 0 Å². The number of para-hydroxylation sites is 1. The smallest absolute Gasteiger partial charge is 0.231 e. The monoisotopic (exact) mass is 711 g/mol. The highest BCUT2D eigenvalue weighted by molar-refractivity contribution is 7.13. The van der Waals surface area contributed by atoms with Crippen LogP contribution in [-0.4, -0.2) is 9.97 Å². The fourth-order valence-electron chi connectivity index (χ4n) is 8.26. The van der Waals surface area contributed by atoms with Gasteiger partial charge in [0.2, 0.25) is 5.95 Å². The fraction of sp³-hybridized carbons (Fsp3) is 0.0800. The first-order valence-electron chi connectivity index (χ1n) is 18.5. The number of thiophene rings is 1. The maximum Gasteiger partial charge on any atom is 0.231 e. The summed E-state index contributed by atoms with van der Waals surface area (Å²) in [5.74, 6) is 0.665. The average Bonchev–Trinajstić information content (AvgIpc) is 3.71. The summed E-state index contributed by atoms with van der Waals surface area (Å²) in [4.78, 5) is 15.8. The van der Waals surface area contributed by atoms with Crippen LogP contribution in [0.15, 0.2) is 164 Å². The standard InChI is InChI=1S/C50H37N3S/c1-32-25-27-41-45(54-48-46(41)39-21-10-12-23-42(39)50(48,2)3)31-53(49-51-43-24-13-11-22-40(43)47(52-49)34-17-8-5-9-18-34)44-30-37(26-28-38(32)44)36-20-14-19-35(29-36)33-15-6-4-7-16-33/h4-30H,1,31H2,2-3H3/b27-25-. The molecule has 54 heavy (non-hydrogen) atoms. The summed E-state index contributed by atoms with van der Waals surface area (Å²) in [5, 5.41) is 1.03. The van der Waals surface area contributed by atoms with E-state index in [1.54, 1.807) is 0 Å². The molecule has 10 rings (SSSR count). The number of anilines is 2. The Bertz CT molecular complexity index is 2790. The lowest BCUT2D eigenvalue weighted by Gasteiger charge is -2.27. The van der Waals surface area contributed by atoms with Gasteiger partial charge in [0.25, 0.3) is 0 Å². The van der Waals surface area contributed by atoms with Crippen molar-refractivity contribution in [2.24, 2.45) is 0 Å². The molecule has 0 radical (unpaired) electrons. The van der Waals surface area contributed by atoms with Gasteiger partial charge in [-0.05, 0) is 62.7 Å². The molecule has 0 atom stereocenters. The van der Waals surface area contributed by atoms with Crippen molar-refractivity contribution in [1.29, 1.82) is 0 Å². The fourth-order valence-corrected chi connectivity index (χ4v) is 9.66. The van der Waals surface area contributed by atoms with Gasteiger partial charge in [-0.15, -0.1) is 11.3 Å². The van der Waals surface area contributed by atoms with Gasteiger partial charge in [-0.1, -0.05) is 166 Å². The summed E-state index contributed by atoms with van der Waals surface area (Å²) in [5.41, 5.74) is 15.8. The SMILES string of the molecule is C=C1/C=C\c2c(sc3c2-c2ccccc2C3(C)C)CN(c2nc(-c3ccccc3)c3ccccc3n2)c2cc(-c3cccc(-c4ccccc4)c3)ccc21. The van der Waals surface area contributed by atoms with E-state index in [0.717, 1.165) is 50.1 Å². The lowest BCUT2D eigenvalue weighted by atomic mass is 9.87. The lowest BCUT2D eigenvalue weighted by Crippen LogP contribution is -2.21. The van der Waals surface area contributed by atoms with E-state index < -0.39 is 0 Å². The van der Waals surface area contributed by atoms with Gasteiger partial charge < -0.3 is 4.90 Å². The number of rotatable bonds is 4. The van der Waals surface area contributed by atoms with Crippen molar-refractivity contribution < 1.29 is 0 Å². The van der Waals surface area contributed by atoms with Crippen LogP contribution in [0.5, 0.6) is 0 Å². The highest BCUT2D eigenvalue weighted by atomic mass is 32.1. The minimum Gasteiger partial charge on any atom is -0.305 e. The van der Waals surface area contributed by atoms with E-state index in [-0.39, 0.29) is 5.41 Å². The Morgan fingerprint density at radius 2 is 1.28 bits per heavy atom. The van der Waals surface area contributed by atoms with Gasteiger partial charge in [-0.25, -0.2) is 9.97 Å². The maximum atomic E-state index is 5.45. The highest BCUT2D eigenvalue weighted by Crippen LogP contribution is 2.55. The predicted octanol–water partition coefficient (Wildman–Crippen LogP) is 13.4. The maximum absolute atomic E-state index is 5.45. The Kier molecular flexibility index (Phi) is 7.57. The molecule has 0 saturated heterocycles. The van der Waals surface area contributed by atoms with Gasteiger partial charge >= 0.3 is 0 Å². The molecule has 2 aromatic heterocycles. The van der Waals surface area contributed by atoms with Crippen LogP contribution < -0.4 is 4.90 Å². The highest BCUT2D eigenvalue weighted by Gasteiger charge is 2.40. The quantitative estimate of drug-likeness (QED) is 0.182. The predicted molar refractivity (Wildman–Crippen MR) is 228 cm³/mol. The van der Waals surface area contributed by atoms with Gasteiger partial charge in [0.15, 0.2) is 0 Å². The van der Waals surface area contributed by atoms with E-state index in [4.69, 9.17) is 9.97 Å². The first-order chi connectivity index (χ1) is 26.4. The molecule has 0 N–H and O–H groups in total. The largest absolute Gasteiger partial charge is 0.305 e. The average molecular weight is 712 g/mol. The number of fused-ring (bicyclic) bond motifs is 7. The Morgan fingerprint density at radius 3 is 2.09 bits per heavy atom. The number of benzene rings is 6. The normalized spacial score (nSPS) is 14.7. The molecule has 0 unspecified atom stereocenters. The molecule has 4 heteroatoms. The summed E-state index contributed by atoms with van der Waals surface area (Å²) in [7, 11) is 0. The molecule has 3 nitrogen and oxygen atoms in total. The van der Waals surface area contributed by atoms with Crippen LogP contribution in [0.4, 0.5) is 11.6 Å². The Labute approximate surface area is 320 Å². The summed E-state index contributed by atoms with van der Waals surface area (Å²) in [6.45, 7) is 10.00. The van der Waals surface area contributed by atoms with Crippen LogP contribution in [0, 0.1) is 0 Å². The second-order valence-corrected chi connectivity index (χ2v) is 15.8. The van der Waals surface area contributed by atoms with Gasteiger partial charge in [0, 0.05) is 37.2 Å². The van der Waals surface area contributed by atoms with Gasteiger partial charge in [-0.3, -0.25) is 0 Å². The third kappa shape index (κ3) is 5.25. The molecule has 0 fully saturated rings. The number of hydrogen-bond donors (Lipinski definition) is 0. The Balaban J connectivity index is 1.21. The van der Waals surface area contributed by atoms with E-state index in [9.17, 15) is 0 Å². The van der Waals surface area contributed by atoms with Crippen molar-refractivity contribution in [2.75, 3.05) is 4.90 Å². The summed E-state index contributed by atoms with van der Waals surface area (Å²) < 4.78 is 0. The summed E-state index contributed by atoms with van der Waals surface area (Å²) >= 11 is 1.92. The third-order valence-corrected chi connectivity index (χ3v) is 12.5. The van der Waals surface area contributed by atoms with Crippen molar-refractivity contribution in [3.05, 3.63) is 191 Å². The van der Waals surface area contributed by atoms with Crippen LogP contribution in [0.1, 0.15) is 40.3 Å². The first kappa shape index (κ1) is 32.3. The minimum absolute atomic E-state index is 0.0990. The molecular formula is C50H37N3S. The number of aromatic nitrogens is 2. The first-order valence-corrected chi connectivity index (χ1v) is 19.3. The topological polar surface area (TPSA) is 29.0 Å². The van der Waals surface area contributed by atoms with Crippen LogP contribution >= 0.6 is 11.3 Å². The Morgan fingerprint density at radius 1 is 0.611 bits per heavy atom. The zero-order chi connectivity index (χ0) is 36.4. The van der Waals surface area contributed by atoms with Crippen molar-refractivity contribution in [3.8, 4) is 44.6 Å². The van der Waals surface area contributed by atoms with Crippen LogP contribution in [0.25, 0.3) is 67.2 Å². The molecule has 0 amide bonds. The molecule has 258 valence electrons. The second kappa shape index (κ2) is 12.6. The zero-order valence-corrected chi connectivity index (χ0v) is 31.1. The van der Waals surface area contributed by atoms with Crippen LogP contribution in [-0.2, 0) is 12.0 Å². The molecule has 1 aliphatic carbocycles. The van der Waals surface area contributed by atoms with Gasteiger partial charge in [0.1, 0.15) is 0 Å². The Hall–Kier alpha value is -6.36. The van der Waals surface area contributed by atoms with Gasteiger partial charge in [-0.2, -0.15) is 0 Å². The van der Waals surface area contributed by atoms with E-state index in [1.165, 1.54) is 43.1 Å². The molecule has 0 bridgehead atoms.